The standard InChI is InChI=1S/C17H28N4O2/c1-19-12-16(11-18-19)14-20-6-2-3-15(13-20)4-5-17(22)21-7-9-23-10-8-21/h11-12,15H,2-10,13-14H2,1H3. The highest BCUT2D eigenvalue weighted by Crippen LogP contribution is 2.23. The minimum absolute atomic E-state index is 0.303. The predicted octanol–water partition coefficient (Wildman–Crippen LogP) is 1.27. The minimum Gasteiger partial charge on any atom is -0.378 e. The van der Waals surface area contributed by atoms with E-state index in [1.165, 1.54) is 18.4 Å². The Hall–Kier alpha value is -1.40. The summed E-state index contributed by atoms with van der Waals surface area (Å²) in [6.45, 7) is 6.13. The number of aryl methyl sites for hydroxylation is 1. The van der Waals surface area contributed by atoms with Gasteiger partial charge in [-0.3, -0.25) is 14.4 Å². The molecule has 1 atom stereocenters. The average Bonchev–Trinajstić information content (AvgIpc) is 2.99. The fraction of sp³-hybridized carbons (Fsp3) is 0.765. The lowest BCUT2D eigenvalue weighted by atomic mass is 9.93. The van der Waals surface area contributed by atoms with E-state index >= 15 is 0 Å². The van der Waals surface area contributed by atoms with Gasteiger partial charge in [0, 0.05) is 51.4 Å². The van der Waals surface area contributed by atoms with Crippen molar-refractivity contribution in [3.05, 3.63) is 18.0 Å². The van der Waals surface area contributed by atoms with Crippen molar-refractivity contribution in [3.8, 4) is 0 Å². The fourth-order valence-electron chi connectivity index (χ4n) is 3.64. The van der Waals surface area contributed by atoms with Gasteiger partial charge >= 0.3 is 0 Å². The van der Waals surface area contributed by atoms with Gasteiger partial charge in [-0.1, -0.05) is 0 Å². The van der Waals surface area contributed by atoms with E-state index < -0.39 is 0 Å². The first kappa shape index (κ1) is 16.5. The number of hydrogen-bond acceptors (Lipinski definition) is 4. The van der Waals surface area contributed by atoms with Gasteiger partial charge in [-0.25, -0.2) is 0 Å². The molecule has 3 heterocycles. The summed E-state index contributed by atoms with van der Waals surface area (Å²) in [4.78, 5) is 16.7. The Kier molecular flexibility index (Phi) is 5.67. The molecule has 2 aliphatic heterocycles. The van der Waals surface area contributed by atoms with Gasteiger partial charge in [0.15, 0.2) is 0 Å². The van der Waals surface area contributed by atoms with Crippen LogP contribution in [-0.2, 0) is 23.1 Å². The van der Waals surface area contributed by atoms with Crippen LogP contribution in [0.4, 0.5) is 0 Å². The summed E-state index contributed by atoms with van der Waals surface area (Å²) >= 11 is 0. The lowest BCUT2D eigenvalue weighted by Crippen LogP contribution is -2.41. The fourth-order valence-corrected chi connectivity index (χ4v) is 3.64. The maximum atomic E-state index is 12.3. The maximum absolute atomic E-state index is 12.3. The molecule has 0 bridgehead atoms. The van der Waals surface area contributed by atoms with Crippen LogP contribution in [0.15, 0.2) is 12.4 Å². The maximum Gasteiger partial charge on any atom is 0.222 e. The van der Waals surface area contributed by atoms with Crippen molar-refractivity contribution in [1.29, 1.82) is 0 Å². The molecule has 128 valence electrons. The van der Waals surface area contributed by atoms with Gasteiger partial charge < -0.3 is 9.64 Å². The monoisotopic (exact) mass is 320 g/mol. The zero-order valence-corrected chi connectivity index (χ0v) is 14.1. The molecule has 1 aromatic rings. The molecule has 2 aliphatic rings. The number of rotatable bonds is 5. The van der Waals surface area contributed by atoms with Crippen molar-refractivity contribution in [2.24, 2.45) is 13.0 Å². The number of carbonyl (C=O) groups excluding carboxylic acids is 1. The zero-order valence-electron chi connectivity index (χ0n) is 14.1. The van der Waals surface area contributed by atoms with E-state index in [9.17, 15) is 4.79 Å². The molecule has 23 heavy (non-hydrogen) atoms. The van der Waals surface area contributed by atoms with Gasteiger partial charge in [0.2, 0.25) is 5.91 Å². The van der Waals surface area contributed by atoms with Crippen LogP contribution in [0, 0.1) is 5.92 Å². The van der Waals surface area contributed by atoms with E-state index in [0.29, 0.717) is 31.5 Å². The first-order chi connectivity index (χ1) is 11.2. The lowest BCUT2D eigenvalue weighted by Gasteiger charge is -2.33. The van der Waals surface area contributed by atoms with Crippen LogP contribution in [-0.4, -0.2) is 64.9 Å². The average molecular weight is 320 g/mol. The second-order valence-corrected chi connectivity index (χ2v) is 6.80. The summed E-state index contributed by atoms with van der Waals surface area (Å²) in [5.41, 5.74) is 1.28. The highest BCUT2D eigenvalue weighted by atomic mass is 16.5. The molecule has 0 aliphatic carbocycles. The van der Waals surface area contributed by atoms with Crippen LogP contribution in [0.1, 0.15) is 31.2 Å². The van der Waals surface area contributed by atoms with Crippen LogP contribution < -0.4 is 0 Å². The largest absolute Gasteiger partial charge is 0.378 e. The third-order valence-corrected chi connectivity index (χ3v) is 4.90. The molecule has 0 aromatic carbocycles. The van der Waals surface area contributed by atoms with Crippen molar-refractivity contribution in [2.75, 3.05) is 39.4 Å². The molecule has 3 rings (SSSR count). The number of nitrogens with zero attached hydrogens (tertiary/aromatic N) is 4. The smallest absolute Gasteiger partial charge is 0.222 e. The van der Waals surface area contributed by atoms with E-state index in [1.54, 1.807) is 0 Å². The number of carbonyl (C=O) groups is 1. The topological polar surface area (TPSA) is 50.6 Å². The Labute approximate surface area is 138 Å². The molecule has 0 spiro atoms. The first-order valence-electron chi connectivity index (χ1n) is 8.76. The Morgan fingerprint density at radius 1 is 1.35 bits per heavy atom. The molecule has 6 nitrogen and oxygen atoms in total. The van der Waals surface area contributed by atoms with E-state index in [4.69, 9.17) is 4.74 Å². The summed E-state index contributed by atoms with van der Waals surface area (Å²) < 4.78 is 7.17. The van der Waals surface area contributed by atoms with Crippen molar-refractivity contribution in [2.45, 2.75) is 32.2 Å². The van der Waals surface area contributed by atoms with Crippen LogP contribution in [0.5, 0.6) is 0 Å². The van der Waals surface area contributed by atoms with Crippen LogP contribution >= 0.6 is 0 Å². The Morgan fingerprint density at radius 3 is 2.91 bits per heavy atom. The molecular weight excluding hydrogens is 292 g/mol. The zero-order chi connectivity index (χ0) is 16.1. The van der Waals surface area contributed by atoms with Gasteiger partial charge in [-0.2, -0.15) is 5.10 Å². The number of aromatic nitrogens is 2. The molecule has 6 heteroatoms. The summed E-state index contributed by atoms with van der Waals surface area (Å²) in [6.07, 6.45) is 8.22. The number of amides is 1. The summed E-state index contributed by atoms with van der Waals surface area (Å²) in [5, 5.41) is 4.24. The molecule has 0 radical (unpaired) electrons. The summed E-state index contributed by atoms with van der Waals surface area (Å²) in [7, 11) is 1.96. The first-order valence-corrected chi connectivity index (χ1v) is 8.76. The van der Waals surface area contributed by atoms with Crippen molar-refractivity contribution >= 4 is 5.91 Å². The van der Waals surface area contributed by atoms with E-state index in [1.807, 2.05) is 22.8 Å². The number of piperidine rings is 1. The summed E-state index contributed by atoms with van der Waals surface area (Å²) in [5.74, 6) is 0.947. The third kappa shape index (κ3) is 4.78. The molecular formula is C17H28N4O2. The quantitative estimate of drug-likeness (QED) is 0.820. The van der Waals surface area contributed by atoms with Gasteiger partial charge in [-0.05, 0) is 31.7 Å². The van der Waals surface area contributed by atoms with Crippen LogP contribution in [0.2, 0.25) is 0 Å². The highest BCUT2D eigenvalue weighted by molar-refractivity contribution is 5.76. The number of hydrogen-bond donors (Lipinski definition) is 0. The molecule has 2 fully saturated rings. The van der Waals surface area contributed by atoms with Gasteiger partial charge in [0.25, 0.3) is 0 Å². The summed E-state index contributed by atoms with van der Waals surface area (Å²) in [6, 6.07) is 0. The Morgan fingerprint density at radius 2 is 2.17 bits per heavy atom. The SMILES string of the molecule is Cn1cc(CN2CCCC(CCC(=O)N3CCOCC3)C2)cn1. The van der Waals surface area contributed by atoms with Gasteiger partial charge in [-0.15, -0.1) is 0 Å². The number of likely N-dealkylation sites (tertiary alicyclic amines) is 1. The van der Waals surface area contributed by atoms with Crippen LogP contribution in [0.25, 0.3) is 0 Å². The normalized spacial score (nSPS) is 23.2. The van der Waals surface area contributed by atoms with Crippen molar-refractivity contribution in [1.82, 2.24) is 19.6 Å². The van der Waals surface area contributed by atoms with Crippen LogP contribution in [0.3, 0.4) is 0 Å². The number of morpholine rings is 1. The van der Waals surface area contributed by atoms with Crippen molar-refractivity contribution < 1.29 is 9.53 Å². The third-order valence-electron chi connectivity index (χ3n) is 4.90. The van der Waals surface area contributed by atoms with E-state index in [0.717, 1.165) is 39.1 Å². The Bertz CT molecular complexity index is 510. The minimum atomic E-state index is 0.303. The van der Waals surface area contributed by atoms with Crippen molar-refractivity contribution in [3.63, 3.8) is 0 Å². The highest BCUT2D eigenvalue weighted by Gasteiger charge is 2.23. The Balaban J connectivity index is 1.42. The molecule has 1 aromatic heterocycles. The second-order valence-electron chi connectivity index (χ2n) is 6.80. The molecule has 0 N–H and O–H groups in total. The second kappa shape index (κ2) is 7.93. The van der Waals surface area contributed by atoms with Gasteiger partial charge in [0.1, 0.15) is 0 Å². The molecule has 2 saturated heterocycles. The van der Waals surface area contributed by atoms with E-state index in [-0.39, 0.29) is 0 Å². The lowest BCUT2D eigenvalue weighted by molar-refractivity contribution is -0.135. The number of ether oxygens (including phenoxy) is 1. The van der Waals surface area contributed by atoms with Gasteiger partial charge in [0.05, 0.1) is 19.4 Å². The predicted molar refractivity (Wildman–Crippen MR) is 87.8 cm³/mol. The molecule has 1 amide bonds. The van der Waals surface area contributed by atoms with E-state index in [2.05, 4.69) is 16.2 Å². The molecule has 1 unspecified atom stereocenters. The molecule has 0 saturated carbocycles.